The maximum absolute atomic E-state index is 15.7. The molecule has 1 aromatic rings. The van der Waals surface area contributed by atoms with Crippen molar-refractivity contribution in [1.29, 1.82) is 0 Å². The highest BCUT2D eigenvalue weighted by atomic mass is 19.1. The Morgan fingerprint density at radius 2 is 1.76 bits per heavy atom. The third-order valence-corrected chi connectivity index (χ3v) is 6.59. The monoisotopic (exact) mass is 480 g/mol. The highest BCUT2D eigenvalue weighted by molar-refractivity contribution is 6.62. The van der Waals surface area contributed by atoms with Gasteiger partial charge in [-0.3, -0.25) is 4.79 Å². The number of ether oxygens (including phenoxy) is 1. The lowest BCUT2D eigenvalue weighted by Gasteiger charge is -2.32. The summed E-state index contributed by atoms with van der Waals surface area (Å²) >= 11 is 0. The van der Waals surface area contributed by atoms with Crippen LogP contribution >= 0.6 is 0 Å². The summed E-state index contributed by atoms with van der Waals surface area (Å²) in [5.41, 5.74) is -1.65. The van der Waals surface area contributed by atoms with E-state index in [0.717, 1.165) is 0 Å². The Morgan fingerprint density at radius 1 is 1.18 bits per heavy atom. The van der Waals surface area contributed by atoms with Gasteiger partial charge in [0.25, 0.3) is 5.91 Å². The van der Waals surface area contributed by atoms with Crippen molar-refractivity contribution < 1.29 is 32.4 Å². The Balaban J connectivity index is 1.81. The second kappa shape index (κ2) is 9.11. The van der Waals surface area contributed by atoms with E-state index in [2.05, 4.69) is 5.32 Å². The number of carbonyl (C=O) groups excluding carboxylic acids is 2. The number of halogens is 2. The summed E-state index contributed by atoms with van der Waals surface area (Å²) in [5, 5.41) is 2.57. The maximum Gasteiger partial charge on any atom is 0.497 e. The fourth-order valence-electron chi connectivity index (χ4n) is 3.94. The van der Waals surface area contributed by atoms with Crippen LogP contribution in [0.5, 0.6) is 0 Å². The van der Waals surface area contributed by atoms with E-state index < -0.39 is 54.0 Å². The van der Waals surface area contributed by atoms with Gasteiger partial charge in [-0.25, -0.2) is 13.6 Å². The summed E-state index contributed by atoms with van der Waals surface area (Å²) in [4.78, 5) is 26.6. The van der Waals surface area contributed by atoms with Gasteiger partial charge in [-0.1, -0.05) is 19.1 Å². The summed E-state index contributed by atoms with van der Waals surface area (Å²) in [6.07, 6.45) is -1.76. The first-order valence-corrected chi connectivity index (χ1v) is 11.7. The zero-order valence-corrected chi connectivity index (χ0v) is 21.3. The largest absolute Gasteiger partial charge is 0.497 e. The third kappa shape index (κ3) is 5.22. The van der Waals surface area contributed by atoms with Crippen LogP contribution in [0.3, 0.4) is 0 Å². The average molecular weight is 480 g/mol. The van der Waals surface area contributed by atoms with Crippen molar-refractivity contribution in [3.05, 3.63) is 29.1 Å². The van der Waals surface area contributed by atoms with E-state index in [9.17, 15) is 14.0 Å². The SMILES string of the molecule is CCc1ccc(B2OC(C)(C)C(C)(C)O2)c(F)c1C(=O)N[C@@H]1CN(C(=O)OC(C)(C)C)C[C@@H]1F. The van der Waals surface area contributed by atoms with Gasteiger partial charge in [0.1, 0.15) is 17.6 Å². The van der Waals surface area contributed by atoms with Crippen molar-refractivity contribution in [2.45, 2.75) is 90.8 Å². The first kappa shape index (κ1) is 26.4. The van der Waals surface area contributed by atoms with Gasteiger partial charge in [0.05, 0.1) is 29.4 Å². The molecule has 2 heterocycles. The van der Waals surface area contributed by atoms with Crippen LogP contribution < -0.4 is 10.8 Å². The molecule has 0 spiro atoms. The van der Waals surface area contributed by atoms with Crippen molar-refractivity contribution in [3.8, 4) is 0 Å². The van der Waals surface area contributed by atoms with E-state index in [-0.39, 0.29) is 24.1 Å². The van der Waals surface area contributed by atoms with Crippen LogP contribution in [0.15, 0.2) is 12.1 Å². The highest BCUT2D eigenvalue weighted by Crippen LogP contribution is 2.37. The van der Waals surface area contributed by atoms with E-state index in [1.54, 1.807) is 39.8 Å². The molecule has 188 valence electrons. The van der Waals surface area contributed by atoms with E-state index >= 15 is 4.39 Å². The Kier molecular flexibility index (Phi) is 7.08. The predicted molar refractivity (Wildman–Crippen MR) is 125 cm³/mol. The number of rotatable bonds is 4. The summed E-state index contributed by atoms with van der Waals surface area (Å²) in [5.74, 6) is -1.50. The van der Waals surface area contributed by atoms with Crippen LogP contribution in [0, 0.1) is 5.82 Å². The van der Waals surface area contributed by atoms with Crippen molar-refractivity contribution >= 4 is 24.6 Å². The number of hydrogen-bond acceptors (Lipinski definition) is 5. The minimum absolute atomic E-state index is 0.0676. The van der Waals surface area contributed by atoms with E-state index in [1.165, 1.54) is 4.90 Å². The lowest BCUT2D eigenvalue weighted by molar-refractivity contribution is 0.00578. The number of likely N-dealkylation sites (tertiary alicyclic amines) is 1. The minimum Gasteiger partial charge on any atom is -0.444 e. The van der Waals surface area contributed by atoms with Crippen molar-refractivity contribution in [2.75, 3.05) is 13.1 Å². The second-order valence-electron chi connectivity index (χ2n) is 10.9. The van der Waals surface area contributed by atoms with E-state index in [1.807, 2.05) is 27.7 Å². The molecule has 2 atom stereocenters. The number of aryl methyl sites for hydroxylation is 1. The first-order valence-electron chi connectivity index (χ1n) is 11.7. The molecule has 34 heavy (non-hydrogen) atoms. The molecule has 3 rings (SSSR count). The highest BCUT2D eigenvalue weighted by Gasteiger charge is 2.52. The normalized spacial score (nSPS) is 23.8. The molecule has 2 aliphatic rings. The van der Waals surface area contributed by atoms with Crippen molar-refractivity contribution in [2.24, 2.45) is 0 Å². The smallest absolute Gasteiger partial charge is 0.444 e. The molecular formula is C24H35BF2N2O5. The molecule has 2 fully saturated rings. The molecule has 0 saturated carbocycles. The fourth-order valence-corrected chi connectivity index (χ4v) is 3.94. The van der Waals surface area contributed by atoms with Gasteiger partial charge < -0.3 is 24.3 Å². The van der Waals surface area contributed by atoms with Crippen molar-refractivity contribution in [1.82, 2.24) is 10.2 Å². The number of nitrogens with zero attached hydrogens (tertiary/aromatic N) is 1. The van der Waals surface area contributed by atoms with Gasteiger partial charge in [-0.2, -0.15) is 0 Å². The Hall–Kier alpha value is -2.20. The maximum atomic E-state index is 15.7. The first-order chi connectivity index (χ1) is 15.6. The summed E-state index contributed by atoms with van der Waals surface area (Å²) in [6, 6.07) is 2.24. The molecule has 0 aliphatic carbocycles. The molecule has 0 unspecified atom stereocenters. The standard InChI is InChI=1S/C24H35BF2N2O5/c1-9-14-10-11-15(25-33-23(5,6)24(7,8)34-25)19(27)18(14)20(30)28-17-13-29(12-16(17)26)21(31)32-22(2,3)4/h10-11,16-17H,9,12-13H2,1-8H3,(H,28,30)/t16-,17+/m0/s1. The molecule has 2 aliphatic heterocycles. The molecule has 1 aromatic carbocycles. The lowest BCUT2D eigenvalue weighted by atomic mass is 9.76. The second-order valence-corrected chi connectivity index (χ2v) is 10.9. The number of hydrogen-bond donors (Lipinski definition) is 1. The van der Waals surface area contributed by atoms with Gasteiger partial charge in [0.2, 0.25) is 0 Å². The van der Waals surface area contributed by atoms with Gasteiger partial charge >= 0.3 is 13.2 Å². The van der Waals surface area contributed by atoms with Crippen LogP contribution in [0.4, 0.5) is 13.6 Å². The zero-order chi connectivity index (χ0) is 25.6. The fraction of sp³-hybridized carbons (Fsp3) is 0.667. The topological polar surface area (TPSA) is 77.1 Å². The number of alkyl halides is 1. The lowest BCUT2D eigenvalue weighted by Crippen LogP contribution is -2.44. The van der Waals surface area contributed by atoms with Gasteiger partial charge in [0, 0.05) is 12.0 Å². The molecular weight excluding hydrogens is 445 g/mol. The molecule has 1 N–H and O–H groups in total. The Bertz CT molecular complexity index is 947. The van der Waals surface area contributed by atoms with Crippen LogP contribution in [-0.2, 0) is 20.5 Å². The number of amides is 2. The van der Waals surface area contributed by atoms with Gasteiger partial charge in [-0.15, -0.1) is 0 Å². The van der Waals surface area contributed by atoms with Crippen LogP contribution in [0.25, 0.3) is 0 Å². The zero-order valence-electron chi connectivity index (χ0n) is 21.3. The molecule has 10 heteroatoms. The molecule has 2 saturated heterocycles. The summed E-state index contributed by atoms with van der Waals surface area (Å²) < 4.78 is 47.6. The van der Waals surface area contributed by atoms with E-state index in [0.29, 0.717) is 12.0 Å². The van der Waals surface area contributed by atoms with E-state index in [4.69, 9.17) is 14.0 Å². The summed E-state index contributed by atoms with van der Waals surface area (Å²) in [6.45, 7) is 14.1. The average Bonchev–Trinajstić information content (AvgIpc) is 3.15. The predicted octanol–water partition coefficient (Wildman–Crippen LogP) is 3.37. The molecule has 0 radical (unpaired) electrons. The quantitative estimate of drug-likeness (QED) is 0.669. The number of carbonyl (C=O) groups is 2. The number of nitrogens with one attached hydrogen (secondary N) is 1. The van der Waals surface area contributed by atoms with Crippen molar-refractivity contribution in [3.63, 3.8) is 0 Å². The summed E-state index contributed by atoms with van der Waals surface area (Å²) in [7, 11) is -0.981. The molecule has 2 amide bonds. The molecule has 0 bridgehead atoms. The van der Waals surface area contributed by atoms with Crippen LogP contribution in [-0.4, -0.2) is 66.1 Å². The van der Waals surface area contributed by atoms with Crippen LogP contribution in [0.2, 0.25) is 0 Å². The van der Waals surface area contributed by atoms with Crippen LogP contribution in [0.1, 0.15) is 71.3 Å². The van der Waals surface area contributed by atoms with Gasteiger partial charge in [0.15, 0.2) is 0 Å². The minimum atomic E-state index is -1.50. The molecule has 0 aromatic heterocycles. The third-order valence-electron chi connectivity index (χ3n) is 6.59. The number of benzene rings is 1. The Labute approximate surface area is 200 Å². The molecule has 7 nitrogen and oxygen atoms in total. The van der Waals surface area contributed by atoms with Gasteiger partial charge in [-0.05, 0) is 60.5 Å². The Morgan fingerprint density at radius 3 is 2.29 bits per heavy atom.